The van der Waals surface area contributed by atoms with Crippen molar-refractivity contribution in [3.63, 3.8) is 0 Å². The maximum Gasteiger partial charge on any atom is 0.225 e. The number of aromatic nitrogens is 2. The van der Waals surface area contributed by atoms with E-state index in [9.17, 15) is 4.79 Å². The second-order valence-corrected chi connectivity index (χ2v) is 4.60. The Balaban J connectivity index is 2.39. The Morgan fingerprint density at radius 3 is 2.67 bits per heavy atom. The van der Waals surface area contributed by atoms with Gasteiger partial charge in [0.25, 0.3) is 0 Å². The van der Waals surface area contributed by atoms with E-state index in [1.165, 1.54) is 11.1 Å². The summed E-state index contributed by atoms with van der Waals surface area (Å²) in [5.74, 6) is 0.325. The van der Waals surface area contributed by atoms with Gasteiger partial charge < -0.3 is 10.3 Å². The summed E-state index contributed by atoms with van der Waals surface area (Å²) in [7, 11) is 1.87. The van der Waals surface area contributed by atoms with Crippen molar-refractivity contribution in [1.82, 2.24) is 9.55 Å². The molecule has 4 nitrogen and oxygen atoms in total. The number of amides is 1. The summed E-state index contributed by atoms with van der Waals surface area (Å²) in [5, 5.41) is 0. The molecular formula is C14H17N3O. The molecule has 0 atom stereocenters. The van der Waals surface area contributed by atoms with Crippen molar-refractivity contribution in [2.75, 3.05) is 0 Å². The number of hydrogen-bond acceptors (Lipinski definition) is 2. The average Bonchev–Trinajstić information content (AvgIpc) is 2.63. The molecule has 0 aliphatic carbocycles. The topological polar surface area (TPSA) is 60.9 Å². The lowest BCUT2D eigenvalue weighted by molar-refractivity contribution is -0.117. The number of benzene rings is 1. The number of rotatable bonds is 3. The SMILES string of the molecule is Cc1ccc(-c2cn(C)c(CC(N)=O)n2)cc1C. The lowest BCUT2D eigenvalue weighted by atomic mass is 10.0. The van der Waals surface area contributed by atoms with Crippen molar-refractivity contribution in [3.05, 3.63) is 41.3 Å². The summed E-state index contributed by atoms with van der Waals surface area (Å²) in [4.78, 5) is 15.4. The Morgan fingerprint density at radius 2 is 2.06 bits per heavy atom. The molecule has 1 aromatic heterocycles. The highest BCUT2D eigenvalue weighted by atomic mass is 16.1. The van der Waals surface area contributed by atoms with Crippen molar-refractivity contribution < 1.29 is 4.79 Å². The predicted octanol–water partition coefficient (Wildman–Crippen LogP) is 1.73. The molecule has 0 saturated heterocycles. The smallest absolute Gasteiger partial charge is 0.225 e. The normalized spacial score (nSPS) is 10.6. The Kier molecular flexibility index (Phi) is 3.19. The van der Waals surface area contributed by atoms with Gasteiger partial charge in [-0.3, -0.25) is 4.79 Å². The molecule has 0 unspecified atom stereocenters. The van der Waals surface area contributed by atoms with Gasteiger partial charge in [0.05, 0.1) is 12.1 Å². The lowest BCUT2D eigenvalue weighted by Gasteiger charge is -2.02. The van der Waals surface area contributed by atoms with Crippen LogP contribution in [0.3, 0.4) is 0 Å². The van der Waals surface area contributed by atoms with E-state index in [1.54, 1.807) is 0 Å². The number of carbonyl (C=O) groups is 1. The zero-order chi connectivity index (χ0) is 13.3. The first kappa shape index (κ1) is 12.4. The molecular weight excluding hydrogens is 226 g/mol. The standard InChI is InChI=1S/C14H17N3O/c1-9-4-5-11(6-10(9)2)12-8-17(3)14(16-12)7-13(15)18/h4-6,8H,7H2,1-3H3,(H2,15,18). The van der Waals surface area contributed by atoms with Crippen LogP contribution >= 0.6 is 0 Å². The van der Waals surface area contributed by atoms with E-state index in [0.717, 1.165) is 11.3 Å². The number of nitrogens with zero attached hydrogens (tertiary/aromatic N) is 2. The number of carbonyl (C=O) groups excluding carboxylic acids is 1. The second-order valence-electron chi connectivity index (χ2n) is 4.60. The van der Waals surface area contributed by atoms with E-state index in [2.05, 4.69) is 31.0 Å². The highest BCUT2D eigenvalue weighted by Crippen LogP contribution is 2.21. The third-order valence-corrected chi connectivity index (χ3v) is 3.11. The lowest BCUT2D eigenvalue weighted by Crippen LogP contribution is -2.16. The number of primary amides is 1. The summed E-state index contributed by atoms with van der Waals surface area (Å²) in [6.45, 7) is 4.15. The summed E-state index contributed by atoms with van der Waals surface area (Å²) in [6, 6.07) is 6.22. The first-order chi connectivity index (χ1) is 8.47. The van der Waals surface area contributed by atoms with Crippen LogP contribution < -0.4 is 5.73 Å². The summed E-state index contributed by atoms with van der Waals surface area (Å²) >= 11 is 0. The quantitative estimate of drug-likeness (QED) is 0.892. The van der Waals surface area contributed by atoms with Gasteiger partial charge in [0.15, 0.2) is 0 Å². The number of imidazole rings is 1. The minimum atomic E-state index is -0.365. The van der Waals surface area contributed by atoms with Gasteiger partial charge in [-0.2, -0.15) is 0 Å². The predicted molar refractivity (Wildman–Crippen MR) is 71.0 cm³/mol. The van der Waals surface area contributed by atoms with E-state index in [1.807, 2.05) is 23.9 Å². The van der Waals surface area contributed by atoms with Crippen LogP contribution in [0, 0.1) is 13.8 Å². The minimum Gasteiger partial charge on any atom is -0.369 e. The average molecular weight is 243 g/mol. The first-order valence-electron chi connectivity index (χ1n) is 5.85. The molecule has 0 aliphatic rings. The molecule has 2 N–H and O–H groups in total. The summed E-state index contributed by atoms with van der Waals surface area (Å²) in [6.07, 6.45) is 2.09. The fourth-order valence-electron chi connectivity index (χ4n) is 1.86. The van der Waals surface area contributed by atoms with Gasteiger partial charge in [0, 0.05) is 18.8 Å². The molecule has 2 aromatic rings. The molecule has 0 aliphatic heterocycles. The van der Waals surface area contributed by atoms with Gasteiger partial charge in [-0.05, 0) is 31.0 Å². The number of aryl methyl sites for hydroxylation is 3. The molecule has 0 saturated carbocycles. The van der Waals surface area contributed by atoms with Crippen LogP contribution in [0.2, 0.25) is 0 Å². The van der Waals surface area contributed by atoms with Crippen molar-refractivity contribution in [3.8, 4) is 11.3 Å². The van der Waals surface area contributed by atoms with E-state index in [4.69, 9.17) is 5.73 Å². The van der Waals surface area contributed by atoms with E-state index in [-0.39, 0.29) is 12.3 Å². The molecule has 4 heteroatoms. The largest absolute Gasteiger partial charge is 0.369 e. The van der Waals surface area contributed by atoms with Crippen LogP contribution in [0.25, 0.3) is 11.3 Å². The van der Waals surface area contributed by atoms with Crippen molar-refractivity contribution in [2.45, 2.75) is 20.3 Å². The van der Waals surface area contributed by atoms with E-state index in [0.29, 0.717) is 5.82 Å². The van der Waals surface area contributed by atoms with Crippen LogP contribution in [0.4, 0.5) is 0 Å². The molecule has 1 heterocycles. The second kappa shape index (κ2) is 4.64. The fourth-order valence-corrected chi connectivity index (χ4v) is 1.86. The van der Waals surface area contributed by atoms with Gasteiger partial charge >= 0.3 is 0 Å². The summed E-state index contributed by atoms with van der Waals surface area (Å²) < 4.78 is 1.84. The van der Waals surface area contributed by atoms with E-state index >= 15 is 0 Å². The highest BCUT2D eigenvalue weighted by Gasteiger charge is 2.09. The zero-order valence-electron chi connectivity index (χ0n) is 10.9. The Bertz CT molecular complexity index is 599. The molecule has 1 aromatic carbocycles. The zero-order valence-corrected chi connectivity index (χ0v) is 10.9. The first-order valence-corrected chi connectivity index (χ1v) is 5.85. The molecule has 0 bridgehead atoms. The van der Waals surface area contributed by atoms with Gasteiger partial charge in [-0.15, -0.1) is 0 Å². The summed E-state index contributed by atoms with van der Waals surface area (Å²) in [5.41, 5.74) is 9.61. The maximum atomic E-state index is 10.9. The Hall–Kier alpha value is -2.10. The number of hydrogen-bond donors (Lipinski definition) is 1. The molecule has 0 radical (unpaired) electrons. The molecule has 2 rings (SSSR count). The maximum absolute atomic E-state index is 10.9. The minimum absolute atomic E-state index is 0.168. The van der Waals surface area contributed by atoms with Gasteiger partial charge in [0.2, 0.25) is 5.91 Å². The van der Waals surface area contributed by atoms with Crippen LogP contribution in [-0.4, -0.2) is 15.5 Å². The van der Waals surface area contributed by atoms with Gasteiger partial charge in [-0.1, -0.05) is 12.1 Å². The van der Waals surface area contributed by atoms with Crippen molar-refractivity contribution in [1.29, 1.82) is 0 Å². The molecule has 0 spiro atoms. The van der Waals surface area contributed by atoms with Crippen molar-refractivity contribution >= 4 is 5.91 Å². The Labute approximate surface area is 106 Å². The third-order valence-electron chi connectivity index (χ3n) is 3.11. The number of nitrogens with two attached hydrogens (primary N) is 1. The molecule has 0 fully saturated rings. The molecule has 1 amide bonds. The molecule has 18 heavy (non-hydrogen) atoms. The third kappa shape index (κ3) is 2.42. The monoisotopic (exact) mass is 243 g/mol. The van der Waals surface area contributed by atoms with Gasteiger partial charge in [0.1, 0.15) is 5.82 Å². The van der Waals surface area contributed by atoms with E-state index < -0.39 is 0 Å². The van der Waals surface area contributed by atoms with Crippen LogP contribution in [0.1, 0.15) is 17.0 Å². The van der Waals surface area contributed by atoms with Crippen LogP contribution in [-0.2, 0) is 18.3 Å². The molecule has 94 valence electrons. The highest BCUT2D eigenvalue weighted by molar-refractivity contribution is 5.76. The van der Waals surface area contributed by atoms with Crippen LogP contribution in [0.15, 0.2) is 24.4 Å². The fraction of sp³-hybridized carbons (Fsp3) is 0.286. The Morgan fingerprint density at radius 1 is 1.33 bits per heavy atom. The van der Waals surface area contributed by atoms with Gasteiger partial charge in [-0.25, -0.2) is 4.98 Å². The van der Waals surface area contributed by atoms with Crippen molar-refractivity contribution in [2.24, 2.45) is 12.8 Å². The van der Waals surface area contributed by atoms with Crippen LogP contribution in [0.5, 0.6) is 0 Å².